The van der Waals surface area contributed by atoms with E-state index in [1.165, 1.54) is 11.1 Å². The van der Waals surface area contributed by atoms with Gasteiger partial charge in [0.15, 0.2) is 0 Å². The van der Waals surface area contributed by atoms with Crippen molar-refractivity contribution in [1.29, 1.82) is 0 Å². The molecule has 21 heavy (non-hydrogen) atoms. The third-order valence-electron chi connectivity index (χ3n) is 3.53. The molecule has 0 amide bonds. The van der Waals surface area contributed by atoms with Crippen molar-refractivity contribution >= 4 is 11.6 Å². The van der Waals surface area contributed by atoms with Crippen LogP contribution in [0.5, 0.6) is 0 Å². The number of aryl methyl sites for hydroxylation is 2. The minimum atomic E-state index is 0.202. The first-order valence-corrected chi connectivity index (χ1v) is 7.43. The molecule has 2 aromatic rings. The van der Waals surface area contributed by atoms with Crippen molar-refractivity contribution in [2.45, 2.75) is 40.7 Å². The van der Waals surface area contributed by atoms with Gasteiger partial charge in [0.25, 0.3) is 0 Å². The lowest BCUT2D eigenvalue weighted by Crippen LogP contribution is -2.13. The number of nitrogens with one attached hydrogen (secondary N) is 2. The Morgan fingerprint density at radius 1 is 1.00 bits per heavy atom. The molecule has 0 aliphatic rings. The predicted octanol–water partition coefficient (Wildman–Crippen LogP) is 4.01. The highest BCUT2D eigenvalue weighted by Gasteiger charge is 2.12. The van der Waals surface area contributed by atoms with E-state index in [9.17, 15) is 0 Å². The molecule has 2 N–H and O–H groups in total. The first-order chi connectivity index (χ1) is 10.0. The van der Waals surface area contributed by atoms with Crippen LogP contribution in [-0.2, 0) is 0 Å². The van der Waals surface area contributed by atoms with E-state index in [0.29, 0.717) is 0 Å². The zero-order valence-corrected chi connectivity index (χ0v) is 13.5. The Kier molecular flexibility index (Phi) is 4.78. The summed E-state index contributed by atoms with van der Waals surface area (Å²) in [6.07, 6.45) is 0. The molecule has 0 saturated heterocycles. The molecule has 1 heterocycles. The zero-order chi connectivity index (χ0) is 15.4. The second-order valence-corrected chi connectivity index (χ2v) is 5.40. The summed E-state index contributed by atoms with van der Waals surface area (Å²) in [7, 11) is 0. The molecule has 1 atom stereocenters. The summed E-state index contributed by atoms with van der Waals surface area (Å²) in [4.78, 5) is 8.99. The average Bonchev–Trinajstić information content (AvgIpc) is 2.44. The van der Waals surface area contributed by atoms with Crippen LogP contribution in [0.2, 0.25) is 0 Å². The molecule has 4 nitrogen and oxygen atoms in total. The summed E-state index contributed by atoms with van der Waals surface area (Å²) < 4.78 is 0. The van der Waals surface area contributed by atoms with Crippen molar-refractivity contribution in [3.8, 4) is 0 Å². The normalized spacial score (nSPS) is 12.0. The topological polar surface area (TPSA) is 49.8 Å². The van der Waals surface area contributed by atoms with E-state index in [1.54, 1.807) is 0 Å². The molecule has 0 aliphatic carbocycles. The molecule has 0 aliphatic heterocycles. The molecule has 0 saturated carbocycles. The Balaban J connectivity index is 2.24. The number of hydrogen-bond acceptors (Lipinski definition) is 4. The van der Waals surface area contributed by atoms with Crippen LogP contribution < -0.4 is 10.6 Å². The summed E-state index contributed by atoms with van der Waals surface area (Å²) in [6, 6.07) is 8.78. The molecule has 0 spiro atoms. The van der Waals surface area contributed by atoms with Gasteiger partial charge < -0.3 is 10.6 Å². The number of benzene rings is 1. The molecule has 2 rings (SSSR count). The van der Waals surface area contributed by atoms with Gasteiger partial charge in [-0.25, -0.2) is 9.97 Å². The summed E-state index contributed by atoms with van der Waals surface area (Å²) in [5.41, 5.74) is 3.58. The summed E-state index contributed by atoms with van der Waals surface area (Å²) in [5.74, 6) is 2.57. The van der Waals surface area contributed by atoms with E-state index < -0.39 is 0 Å². The molecule has 4 heteroatoms. The van der Waals surface area contributed by atoms with Gasteiger partial charge in [-0.05, 0) is 40.2 Å². The molecule has 1 aromatic carbocycles. The maximum atomic E-state index is 4.54. The molecular weight excluding hydrogens is 260 g/mol. The van der Waals surface area contributed by atoms with Crippen molar-refractivity contribution in [2.75, 3.05) is 17.2 Å². The van der Waals surface area contributed by atoms with E-state index in [1.807, 2.05) is 13.8 Å². The molecule has 1 unspecified atom stereocenters. The van der Waals surface area contributed by atoms with E-state index in [0.717, 1.165) is 29.6 Å². The third kappa shape index (κ3) is 3.72. The highest BCUT2D eigenvalue weighted by atomic mass is 15.1. The fourth-order valence-electron chi connectivity index (χ4n) is 2.25. The standard InChI is InChI=1S/C17H24N4/c1-6-18-16-12(3)17(21-14(5)20-16)19-13(4)15-9-7-11(2)8-10-15/h7-10,13H,6H2,1-5H3,(H2,18,19,20,21). The Hall–Kier alpha value is -2.10. The van der Waals surface area contributed by atoms with Gasteiger partial charge in [-0.1, -0.05) is 29.8 Å². The number of rotatable bonds is 5. The van der Waals surface area contributed by atoms with E-state index in [2.05, 4.69) is 65.6 Å². The highest BCUT2D eigenvalue weighted by Crippen LogP contribution is 2.24. The van der Waals surface area contributed by atoms with Crippen LogP contribution in [0.4, 0.5) is 11.6 Å². The lowest BCUT2D eigenvalue weighted by atomic mass is 10.1. The Morgan fingerprint density at radius 3 is 2.24 bits per heavy atom. The van der Waals surface area contributed by atoms with Gasteiger partial charge >= 0.3 is 0 Å². The first kappa shape index (κ1) is 15.3. The van der Waals surface area contributed by atoms with Crippen LogP contribution in [0.3, 0.4) is 0 Å². The number of nitrogens with zero attached hydrogens (tertiary/aromatic N) is 2. The molecule has 1 aromatic heterocycles. The Bertz CT molecular complexity index is 605. The fourth-order valence-corrected chi connectivity index (χ4v) is 2.25. The maximum absolute atomic E-state index is 4.54. The van der Waals surface area contributed by atoms with Crippen LogP contribution in [0.15, 0.2) is 24.3 Å². The quantitative estimate of drug-likeness (QED) is 0.871. The van der Waals surface area contributed by atoms with Crippen LogP contribution in [-0.4, -0.2) is 16.5 Å². The lowest BCUT2D eigenvalue weighted by molar-refractivity contribution is 0.861. The minimum absolute atomic E-state index is 0.202. The SMILES string of the molecule is CCNc1nc(C)nc(NC(C)c2ccc(C)cc2)c1C. The lowest BCUT2D eigenvalue weighted by Gasteiger charge is -2.18. The van der Waals surface area contributed by atoms with Crippen molar-refractivity contribution in [1.82, 2.24) is 9.97 Å². The van der Waals surface area contributed by atoms with Crippen molar-refractivity contribution < 1.29 is 0 Å². The summed E-state index contributed by atoms with van der Waals surface area (Å²) in [6.45, 7) is 11.1. The van der Waals surface area contributed by atoms with Crippen LogP contribution in [0.1, 0.15) is 42.4 Å². The van der Waals surface area contributed by atoms with E-state index in [4.69, 9.17) is 0 Å². The minimum Gasteiger partial charge on any atom is -0.370 e. The molecule has 112 valence electrons. The van der Waals surface area contributed by atoms with Gasteiger partial charge in [0, 0.05) is 18.2 Å². The van der Waals surface area contributed by atoms with Gasteiger partial charge in [-0.2, -0.15) is 0 Å². The molecule has 0 bridgehead atoms. The fraction of sp³-hybridized carbons (Fsp3) is 0.412. The number of aromatic nitrogens is 2. The number of anilines is 2. The van der Waals surface area contributed by atoms with Crippen LogP contribution >= 0.6 is 0 Å². The van der Waals surface area contributed by atoms with Crippen LogP contribution in [0.25, 0.3) is 0 Å². The van der Waals surface area contributed by atoms with Crippen molar-refractivity contribution in [3.05, 3.63) is 46.8 Å². The first-order valence-electron chi connectivity index (χ1n) is 7.43. The Labute approximate surface area is 127 Å². The second-order valence-electron chi connectivity index (χ2n) is 5.40. The molecular formula is C17H24N4. The molecule has 0 fully saturated rings. The second kappa shape index (κ2) is 6.57. The predicted molar refractivity (Wildman–Crippen MR) is 88.9 cm³/mol. The van der Waals surface area contributed by atoms with E-state index in [-0.39, 0.29) is 6.04 Å². The van der Waals surface area contributed by atoms with Gasteiger partial charge in [-0.3, -0.25) is 0 Å². The maximum Gasteiger partial charge on any atom is 0.135 e. The zero-order valence-electron chi connectivity index (χ0n) is 13.5. The van der Waals surface area contributed by atoms with Gasteiger partial charge in [0.05, 0.1) is 0 Å². The van der Waals surface area contributed by atoms with Crippen LogP contribution in [0, 0.1) is 20.8 Å². The largest absolute Gasteiger partial charge is 0.370 e. The summed E-state index contributed by atoms with van der Waals surface area (Å²) >= 11 is 0. The number of hydrogen-bond donors (Lipinski definition) is 2. The average molecular weight is 284 g/mol. The summed E-state index contributed by atoms with van der Waals surface area (Å²) in [5, 5.41) is 6.78. The molecule has 0 radical (unpaired) electrons. The van der Waals surface area contributed by atoms with Gasteiger partial charge in [0.2, 0.25) is 0 Å². The monoisotopic (exact) mass is 284 g/mol. The van der Waals surface area contributed by atoms with Crippen molar-refractivity contribution in [2.24, 2.45) is 0 Å². The Morgan fingerprint density at radius 2 is 1.62 bits per heavy atom. The van der Waals surface area contributed by atoms with Gasteiger partial charge in [0.1, 0.15) is 17.5 Å². The van der Waals surface area contributed by atoms with Gasteiger partial charge in [-0.15, -0.1) is 0 Å². The highest BCUT2D eigenvalue weighted by molar-refractivity contribution is 5.58. The van der Waals surface area contributed by atoms with Crippen molar-refractivity contribution in [3.63, 3.8) is 0 Å². The van der Waals surface area contributed by atoms with E-state index >= 15 is 0 Å². The smallest absolute Gasteiger partial charge is 0.135 e. The third-order valence-corrected chi connectivity index (χ3v) is 3.53.